The highest BCUT2D eigenvalue weighted by atomic mass is 35.5. The fourth-order valence-corrected chi connectivity index (χ4v) is 5.95. The van der Waals surface area contributed by atoms with Crippen molar-refractivity contribution in [3.8, 4) is 11.8 Å². The Kier molecular flexibility index (Phi) is 10.2. The minimum Gasteiger partial charge on any atom is -0.481 e. The molecule has 1 amide bonds. The van der Waals surface area contributed by atoms with Crippen molar-refractivity contribution < 1.29 is 43.7 Å². The number of hydrogen-bond donors (Lipinski definition) is 4. The first kappa shape index (κ1) is 33.1. The molecule has 1 fully saturated rings. The average molecular weight is 661 g/mol. The number of carboxylic acids is 2. The van der Waals surface area contributed by atoms with E-state index < -0.39 is 79.1 Å². The van der Waals surface area contributed by atoms with E-state index in [0.29, 0.717) is 20.5 Å². The minimum absolute atomic E-state index is 0.0422. The van der Waals surface area contributed by atoms with Crippen LogP contribution in [0.25, 0.3) is 11.2 Å². The number of rotatable bonds is 11. The number of fused-ring (bicyclic) bond motifs is 1. The van der Waals surface area contributed by atoms with E-state index in [1.165, 1.54) is 31.6 Å². The zero-order valence-corrected chi connectivity index (χ0v) is 25.9. The predicted octanol–water partition coefficient (Wildman–Crippen LogP) is 2.23. The molecule has 1 saturated carbocycles. The van der Waals surface area contributed by atoms with Crippen LogP contribution in [0.15, 0.2) is 18.5 Å². The second-order valence-electron chi connectivity index (χ2n) is 10.2. The molecule has 238 valence electrons. The second kappa shape index (κ2) is 13.9. The zero-order chi connectivity index (χ0) is 32.9. The third kappa shape index (κ3) is 7.49. The van der Waals surface area contributed by atoms with Crippen LogP contribution in [0.3, 0.4) is 0 Å². The second-order valence-corrected chi connectivity index (χ2v) is 12.0. The van der Waals surface area contributed by atoms with E-state index in [1.54, 1.807) is 23.7 Å². The summed E-state index contributed by atoms with van der Waals surface area (Å²) in [6.45, 7) is 1.52. The highest BCUT2D eigenvalue weighted by molar-refractivity contribution is 7.16. The van der Waals surface area contributed by atoms with Gasteiger partial charge in [-0.15, -0.1) is 11.3 Å². The maximum atomic E-state index is 13.3. The molecule has 0 spiro atoms. The van der Waals surface area contributed by atoms with Crippen LogP contribution in [-0.4, -0.2) is 85.8 Å². The molecule has 4 rings (SSSR count). The van der Waals surface area contributed by atoms with Crippen molar-refractivity contribution in [2.75, 3.05) is 19.4 Å². The molecule has 0 saturated heterocycles. The molecule has 4 N–H and O–H groups in total. The molecule has 0 aromatic carbocycles. The molecular weight excluding hydrogens is 632 g/mol. The number of nitrogens with zero attached hydrogens (tertiary/aromatic N) is 4. The van der Waals surface area contributed by atoms with E-state index in [9.17, 15) is 24.0 Å². The van der Waals surface area contributed by atoms with Crippen LogP contribution in [0.5, 0.6) is 0 Å². The number of hydrogen-bond acceptors (Lipinski definition) is 12. The Hall–Kier alpha value is -4.75. The lowest BCUT2D eigenvalue weighted by molar-refractivity contribution is -0.176. The van der Waals surface area contributed by atoms with Gasteiger partial charge in [-0.05, 0) is 37.3 Å². The van der Waals surface area contributed by atoms with Gasteiger partial charge in [0.1, 0.15) is 0 Å². The summed E-state index contributed by atoms with van der Waals surface area (Å²) >= 11 is 7.29. The molecule has 1 aliphatic rings. The van der Waals surface area contributed by atoms with Crippen LogP contribution in [0.1, 0.15) is 55.8 Å². The largest absolute Gasteiger partial charge is 0.481 e. The Morgan fingerprint density at radius 2 is 1.71 bits per heavy atom. The van der Waals surface area contributed by atoms with Crippen LogP contribution in [-0.2, 0) is 33.4 Å². The monoisotopic (exact) mass is 660 g/mol. The van der Waals surface area contributed by atoms with Gasteiger partial charge in [0.25, 0.3) is 0 Å². The van der Waals surface area contributed by atoms with E-state index in [4.69, 9.17) is 31.3 Å². The van der Waals surface area contributed by atoms with E-state index in [2.05, 4.69) is 37.4 Å². The predicted molar refractivity (Wildman–Crippen MR) is 160 cm³/mol. The number of aromatic nitrogens is 4. The van der Waals surface area contributed by atoms with Crippen molar-refractivity contribution in [1.82, 2.24) is 24.8 Å². The minimum atomic E-state index is -1.48. The summed E-state index contributed by atoms with van der Waals surface area (Å²) in [5.74, 6) is 1.49. The first-order valence-corrected chi connectivity index (χ1v) is 14.8. The Bertz CT molecular complexity index is 1710. The molecule has 3 aromatic heterocycles. The number of carbonyl (C=O) groups excluding carboxylic acids is 3. The smallest absolute Gasteiger partial charge is 0.306 e. The number of nitrogens with one attached hydrogen (secondary N) is 2. The summed E-state index contributed by atoms with van der Waals surface area (Å²) in [6.07, 6.45) is -3.36. The van der Waals surface area contributed by atoms with Crippen LogP contribution < -0.4 is 10.6 Å². The number of anilines is 1. The summed E-state index contributed by atoms with van der Waals surface area (Å²) < 4.78 is 13.5. The molecule has 4 atom stereocenters. The van der Waals surface area contributed by atoms with Crippen LogP contribution >= 0.6 is 22.9 Å². The summed E-state index contributed by atoms with van der Waals surface area (Å²) in [5.41, 5.74) is -0.884. The molecule has 15 nitrogen and oxygen atoms in total. The van der Waals surface area contributed by atoms with Crippen LogP contribution in [0.2, 0.25) is 4.34 Å². The molecule has 17 heteroatoms. The van der Waals surface area contributed by atoms with Gasteiger partial charge in [-0.1, -0.05) is 11.6 Å². The number of esters is 2. The highest BCUT2D eigenvalue weighted by Crippen LogP contribution is 2.49. The Balaban J connectivity index is 1.82. The number of halogens is 1. The standard InChI is InChI=1S/C28H29ClN6O9S/c1-28(27(42)31-3)12-15(23(43-20(40)10-8-18(36)37)24(28)44-21(41)11-9-19(38)39)35-13-32-22-25(30-2)33-17(34-26(22)35)7-5-14-4-6-16(29)45-14/h4,6,13,15,23-24H,8-12H2,1-3H3,(H,31,42)(H,36,37)(H,38,39)(H,30,33,34). The number of amides is 1. The van der Waals surface area contributed by atoms with Gasteiger partial charge < -0.3 is 34.9 Å². The van der Waals surface area contributed by atoms with Crippen molar-refractivity contribution in [2.45, 2.75) is 57.3 Å². The van der Waals surface area contributed by atoms with E-state index in [1.807, 2.05) is 0 Å². The maximum absolute atomic E-state index is 13.3. The van der Waals surface area contributed by atoms with Crippen molar-refractivity contribution in [3.05, 3.63) is 33.5 Å². The molecule has 45 heavy (non-hydrogen) atoms. The lowest BCUT2D eigenvalue weighted by atomic mass is 9.84. The number of aliphatic carboxylic acids is 2. The Morgan fingerprint density at radius 3 is 2.29 bits per heavy atom. The van der Waals surface area contributed by atoms with Gasteiger partial charge in [-0.3, -0.25) is 24.0 Å². The molecule has 0 aliphatic heterocycles. The molecule has 4 unspecified atom stereocenters. The lowest BCUT2D eigenvalue weighted by Crippen LogP contribution is -2.48. The van der Waals surface area contributed by atoms with Crippen molar-refractivity contribution >= 4 is 69.7 Å². The lowest BCUT2D eigenvalue weighted by Gasteiger charge is -2.31. The topological polar surface area (TPSA) is 212 Å². The van der Waals surface area contributed by atoms with Crippen LogP contribution in [0.4, 0.5) is 5.82 Å². The van der Waals surface area contributed by atoms with Gasteiger partial charge >= 0.3 is 23.9 Å². The first-order valence-electron chi connectivity index (χ1n) is 13.6. The molecule has 1 aliphatic carbocycles. The summed E-state index contributed by atoms with van der Waals surface area (Å²) in [6, 6.07) is 2.56. The van der Waals surface area contributed by atoms with Gasteiger partial charge in [0.15, 0.2) is 29.2 Å². The van der Waals surface area contributed by atoms with Gasteiger partial charge in [0.05, 0.1) is 52.7 Å². The number of imidazole rings is 1. The van der Waals surface area contributed by atoms with Crippen molar-refractivity contribution in [1.29, 1.82) is 0 Å². The number of carbonyl (C=O) groups is 5. The third-order valence-corrected chi connectivity index (χ3v) is 8.33. The van der Waals surface area contributed by atoms with Gasteiger partial charge in [-0.25, -0.2) is 15.0 Å². The highest BCUT2D eigenvalue weighted by Gasteiger charge is 2.60. The zero-order valence-electron chi connectivity index (χ0n) is 24.3. The van der Waals surface area contributed by atoms with Crippen molar-refractivity contribution in [3.63, 3.8) is 0 Å². The molecule has 3 aromatic rings. The summed E-state index contributed by atoms with van der Waals surface area (Å²) in [4.78, 5) is 75.2. The molecule has 0 bridgehead atoms. The van der Waals surface area contributed by atoms with Crippen LogP contribution in [0, 0.1) is 17.3 Å². The molecule has 0 radical (unpaired) electrons. The summed E-state index contributed by atoms with van der Waals surface area (Å²) in [7, 11) is 3.03. The molecular formula is C28H29ClN6O9S. The third-order valence-electron chi connectivity index (χ3n) is 7.18. The van der Waals surface area contributed by atoms with E-state index in [0.717, 1.165) is 0 Å². The van der Waals surface area contributed by atoms with Gasteiger partial charge in [-0.2, -0.15) is 0 Å². The van der Waals surface area contributed by atoms with Gasteiger partial charge in [0, 0.05) is 14.1 Å². The number of thiophene rings is 1. The first-order chi connectivity index (χ1) is 21.4. The fraction of sp³-hybridized carbons (Fsp3) is 0.429. The van der Waals surface area contributed by atoms with E-state index >= 15 is 0 Å². The van der Waals surface area contributed by atoms with E-state index in [-0.39, 0.29) is 17.9 Å². The quantitative estimate of drug-likeness (QED) is 0.172. The Morgan fingerprint density at radius 1 is 1.04 bits per heavy atom. The number of ether oxygens (including phenoxy) is 2. The van der Waals surface area contributed by atoms with Crippen molar-refractivity contribution in [2.24, 2.45) is 5.41 Å². The summed E-state index contributed by atoms with van der Waals surface area (Å²) in [5, 5.41) is 23.6. The maximum Gasteiger partial charge on any atom is 0.306 e. The fourth-order valence-electron chi connectivity index (χ4n) is 5.05. The number of carboxylic acid groups (broad SMARTS) is 2. The SMILES string of the molecule is CNC(=O)C1(C)CC(n2cnc3c(NC)nc(C#Cc4ccc(Cl)s4)nc32)C(OC(=O)CCC(=O)O)C1OC(=O)CCC(=O)O. The Labute approximate surface area is 265 Å². The molecule has 3 heterocycles. The normalized spacial score (nSPS) is 20.6. The average Bonchev–Trinajstić information content (AvgIpc) is 3.69. The van der Waals surface area contributed by atoms with Gasteiger partial charge in [0.2, 0.25) is 11.7 Å².